The number of aliphatic hydroxyl groups excluding tert-OH is 1. The fourth-order valence-corrected chi connectivity index (χ4v) is 4.08. The number of ketones is 1. The van der Waals surface area contributed by atoms with E-state index in [1.54, 1.807) is 11.8 Å². The topological polar surface area (TPSA) is 46.5 Å². The molecule has 116 valence electrons. The first-order valence-corrected chi connectivity index (χ1v) is 11.2. The number of rotatable bonds is 7. The molecule has 0 aliphatic heterocycles. The van der Waals surface area contributed by atoms with Gasteiger partial charge in [0, 0.05) is 17.9 Å². The average molecular weight is 317 g/mol. The molecule has 0 saturated carbocycles. The monoisotopic (exact) mass is 316 g/mol. The molecule has 1 aliphatic rings. The summed E-state index contributed by atoms with van der Waals surface area (Å²) in [7, 11) is -1.81. The number of unbranched alkanes of at least 4 members (excludes halogenated alkanes) is 1. The molecule has 0 amide bonds. The lowest BCUT2D eigenvalue weighted by molar-refractivity contribution is -0.115. The van der Waals surface area contributed by atoms with Gasteiger partial charge >= 0.3 is 0 Å². The minimum absolute atomic E-state index is 0.0382. The molecular formula is C15H28O3SSi. The number of hydrogen-bond acceptors (Lipinski definition) is 4. The van der Waals surface area contributed by atoms with Gasteiger partial charge in [-0.15, -0.1) is 11.8 Å². The highest BCUT2D eigenvalue weighted by molar-refractivity contribution is 8.04. The Morgan fingerprint density at radius 2 is 2.05 bits per heavy atom. The second kappa shape index (κ2) is 7.25. The smallest absolute Gasteiger partial charge is 0.192 e. The highest BCUT2D eigenvalue weighted by Gasteiger charge is 2.40. The van der Waals surface area contributed by atoms with E-state index < -0.39 is 8.32 Å². The molecule has 1 rings (SSSR count). The van der Waals surface area contributed by atoms with Crippen LogP contribution in [0.5, 0.6) is 0 Å². The van der Waals surface area contributed by atoms with Crippen LogP contribution >= 0.6 is 11.8 Å². The molecule has 0 aromatic carbocycles. The summed E-state index contributed by atoms with van der Waals surface area (Å²) in [4.78, 5) is 12.8. The van der Waals surface area contributed by atoms with Crippen LogP contribution in [0.25, 0.3) is 0 Å². The Labute approximate surface area is 128 Å². The van der Waals surface area contributed by atoms with Crippen molar-refractivity contribution < 1.29 is 14.3 Å². The Kier molecular flexibility index (Phi) is 6.50. The van der Waals surface area contributed by atoms with Crippen LogP contribution in [0.1, 0.15) is 40.0 Å². The number of Topliss-reactive ketones (excluding diaryl/α,β-unsaturated/α-hetero) is 1. The molecule has 0 aromatic heterocycles. The van der Waals surface area contributed by atoms with Gasteiger partial charge in [0.2, 0.25) is 0 Å². The lowest BCUT2D eigenvalue weighted by atomic mass is 10.2. The first-order valence-electron chi connectivity index (χ1n) is 7.34. The van der Waals surface area contributed by atoms with Crippen LogP contribution in [0, 0.1) is 0 Å². The minimum atomic E-state index is -1.81. The Morgan fingerprint density at radius 3 is 2.60 bits per heavy atom. The van der Waals surface area contributed by atoms with E-state index >= 15 is 0 Å². The van der Waals surface area contributed by atoms with Gasteiger partial charge in [0.05, 0.1) is 6.10 Å². The highest BCUT2D eigenvalue weighted by Crippen LogP contribution is 2.39. The summed E-state index contributed by atoms with van der Waals surface area (Å²) >= 11 is 1.61. The molecule has 0 radical (unpaired) electrons. The molecule has 1 atom stereocenters. The van der Waals surface area contributed by atoms with Crippen LogP contribution in [-0.4, -0.2) is 37.7 Å². The van der Waals surface area contributed by atoms with Crippen molar-refractivity contribution in [2.24, 2.45) is 0 Å². The van der Waals surface area contributed by atoms with E-state index in [-0.39, 0.29) is 23.5 Å². The van der Waals surface area contributed by atoms with Gasteiger partial charge in [-0.3, -0.25) is 4.79 Å². The molecule has 0 fully saturated rings. The standard InChI is InChI=1S/C15H28O3SSi/c1-15(2,3)20(4,5)18-12-10-13(17)14(11-12)19-9-7-6-8-16/h11-12,16H,6-10H2,1-5H3/t12-/m1/s1. The first kappa shape index (κ1) is 17.9. The van der Waals surface area contributed by atoms with Gasteiger partial charge in [0.25, 0.3) is 0 Å². The third kappa shape index (κ3) is 5.02. The Balaban J connectivity index is 2.54. The summed E-state index contributed by atoms with van der Waals surface area (Å²) in [5, 5.41) is 8.92. The van der Waals surface area contributed by atoms with Crippen molar-refractivity contribution in [3.8, 4) is 0 Å². The second-order valence-electron chi connectivity index (χ2n) is 6.85. The van der Waals surface area contributed by atoms with Crippen molar-refractivity contribution in [1.29, 1.82) is 0 Å². The summed E-state index contributed by atoms with van der Waals surface area (Å²) in [6.07, 6.45) is 4.21. The summed E-state index contributed by atoms with van der Waals surface area (Å²) < 4.78 is 6.28. The van der Waals surface area contributed by atoms with Gasteiger partial charge in [-0.2, -0.15) is 0 Å². The summed E-state index contributed by atoms with van der Waals surface area (Å²) in [5.41, 5.74) is 0. The molecule has 0 bridgehead atoms. The molecule has 3 nitrogen and oxygen atoms in total. The second-order valence-corrected chi connectivity index (χ2v) is 12.7. The van der Waals surface area contributed by atoms with Crippen LogP contribution in [-0.2, 0) is 9.22 Å². The predicted octanol–water partition coefficient (Wildman–Crippen LogP) is 3.74. The number of aliphatic hydroxyl groups is 1. The third-order valence-corrected chi connectivity index (χ3v) is 9.73. The maximum absolute atomic E-state index is 12.0. The average Bonchev–Trinajstić information content (AvgIpc) is 2.63. The fraction of sp³-hybridized carbons (Fsp3) is 0.800. The molecule has 0 aromatic rings. The van der Waals surface area contributed by atoms with Crippen LogP contribution in [0.15, 0.2) is 11.0 Å². The lowest BCUT2D eigenvalue weighted by Gasteiger charge is -2.37. The molecular weight excluding hydrogens is 288 g/mol. The van der Waals surface area contributed by atoms with Crippen LogP contribution in [0.2, 0.25) is 18.1 Å². The van der Waals surface area contributed by atoms with Gasteiger partial charge in [-0.25, -0.2) is 0 Å². The van der Waals surface area contributed by atoms with Gasteiger partial charge in [-0.05, 0) is 42.8 Å². The van der Waals surface area contributed by atoms with Gasteiger partial charge in [0.1, 0.15) is 0 Å². The van der Waals surface area contributed by atoms with Crippen molar-refractivity contribution in [1.82, 2.24) is 0 Å². The van der Waals surface area contributed by atoms with Crippen LogP contribution < -0.4 is 0 Å². The number of carbonyl (C=O) groups excluding carboxylic acids is 1. The summed E-state index contributed by atoms with van der Waals surface area (Å²) in [6, 6.07) is 0. The zero-order valence-corrected chi connectivity index (χ0v) is 15.2. The van der Waals surface area contributed by atoms with Crippen molar-refractivity contribution in [3.05, 3.63) is 11.0 Å². The van der Waals surface area contributed by atoms with Crippen LogP contribution in [0.3, 0.4) is 0 Å². The quantitative estimate of drug-likeness (QED) is 0.574. The maximum atomic E-state index is 12.0. The molecule has 1 aliphatic carbocycles. The minimum Gasteiger partial charge on any atom is -0.410 e. The third-order valence-electron chi connectivity index (χ3n) is 4.06. The van der Waals surface area contributed by atoms with E-state index in [1.807, 2.05) is 6.08 Å². The lowest BCUT2D eigenvalue weighted by Crippen LogP contribution is -2.43. The Morgan fingerprint density at radius 1 is 1.40 bits per heavy atom. The van der Waals surface area contributed by atoms with E-state index in [4.69, 9.17) is 9.53 Å². The molecule has 20 heavy (non-hydrogen) atoms. The largest absolute Gasteiger partial charge is 0.410 e. The maximum Gasteiger partial charge on any atom is 0.192 e. The van der Waals surface area contributed by atoms with E-state index in [0.717, 1.165) is 23.5 Å². The number of allylic oxidation sites excluding steroid dienone is 1. The number of carbonyl (C=O) groups is 1. The molecule has 1 N–H and O–H groups in total. The molecule has 0 unspecified atom stereocenters. The van der Waals surface area contributed by atoms with E-state index in [9.17, 15) is 4.79 Å². The van der Waals surface area contributed by atoms with Gasteiger partial charge < -0.3 is 9.53 Å². The molecule has 0 heterocycles. The number of thioether (sulfide) groups is 1. The van der Waals surface area contributed by atoms with Crippen molar-refractivity contribution in [3.63, 3.8) is 0 Å². The molecule has 5 heteroatoms. The predicted molar refractivity (Wildman–Crippen MR) is 88.6 cm³/mol. The number of hydrogen-bond donors (Lipinski definition) is 1. The zero-order chi connectivity index (χ0) is 15.4. The molecule has 0 saturated heterocycles. The van der Waals surface area contributed by atoms with E-state index in [2.05, 4.69) is 33.9 Å². The Bertz CT molecular complexity index is 372. The fourth-order valence-electron chi connectivity index (χ4n) is 1.76. The zero-order valence-electron chi connectivity index (χ0n) is 13.4. The van der Waals surface area contributed by atoms with E-state index in [1.165, 1.54) is 0 Å². The summed E-state index contributed by atoms with van der Waals surface area (Å²) in [6.45, 7) is 11.3. The molecule has 0 spiro atoms. The van der Waals surface area contributed by atoms with Crippen molar-refractivity contribution >= 4 is 25.9 Å². The Hall–Kier alpha value is -0.103. The van der Waals surface area contributed by atoms with Gasteiger partial charge in [-0.1, -0.05) is 20.8 Å². The van der Waals surface area contributed by atoms with Crippen molar-refractivity contribution in [2.45, 2.75) is 64.3 Å². The van der Waals surface area contributed by atoms with E-state index in [0.29, 0.717) is 6.42 Å². The normalized spacial score (nSPS) is 20.4. The first-order chi connectivity index (χ1) is 9.17. The SMILES string of the molecule is CC(C)(C)[Si](C)(C)O[C@H]1C=C(SCCCCO)C(=O)C1. The van der Waals surface area contributed by atoms with Crippen LogP contribution in [0.4, 0.5) is 0 Å². The van der Waals surface area contributed by atoms with Gasteiger partial charge in [0.15, 0.2) is 14.1 Å². The van der Waals surface area contributed by atoms with Crippen molar-refractivity contribution in [2.75, 3.05) is 12.4 Å². The highest BCUT2D eigenvalue weighted by atomic mass is 32.2. The summed E-state index contributed by atoms with van der Waals surface area (Å²) in [5.74, 6) is 1.10.